The van der Waals surface area contributed by atoms with Crippen LogP contribution in [0, 0.1) is 17.3 Å². The third-order valence-corrected chi connectivity index (χ3v) is 8.70. The van der Waals surface area contributed by atoms with Crippen molar-refractivity contribution in [2.24, 2.45) is 17.3 Å². The third kappa shape index (κ3) is 4.75. The van der Waals surface area contributed by atoms with E-state index in [1.54, 1.807) is 5.57 Å². The van der Waals surface area contributed by atoms with Crippen LogP contribution in [0.15, 0.2) is 23.3 Å². The summed E-state index contributed by atoms with van der Waals surface area (Å²) in [5.41, 5.74) is 3.78. The molecule has 1 aliphatic heterocycles. The van der Waals surface area contributed by atoms with Crippen LogP contribution in [-0.4, -0.2) is 35.7 Å². The zero-order valence-corrected chi connectivity index (χ0v) is 18.3. The molecule has 4 atom stereocenters. The van der Waals surface area contributed by atoms with Gasteiger partial charge in [-0.15, -0.1) is 0 Å². The van der Waals surface area contributed by atoms with Crippen LogP contribution in [0.4, 0.5) is 0 Å². The van der Waals surface area contributed by atoms with E-state index in [4.69, 9.17) is 0 Å². The number of aliphatic hydroxyl groups excluding tert-OH is 1. The molecular formula is C26H43NO. The highest BCUT2D eigenvalue weighted by Crippen LogP contribution is 2.58. The molecule has 0 aromatic heterocycles. The first-order valence-electron chi connectivity index (χ1n) is 12.4. The summed E-state index contributed by atoms with van der Waals surface area (Å²) in [6.07, 6.45) is 23.2. The van der Waals surface area contributed by atoms with Gasteiger partial charge in [-0.25, -0.2) is 0 Å². The summed E-state index contributed by atoms with van der Waals surface area (Å²) in [6.45, 7) is 6.67. The quantitative estimate of drug-likeness (QED) is 0.546. The molecule has 0 amide bonds. The molecule has 3 aliphatic carbocycles. The molecule has 1 saturated heterocycles. The van der Waals surface area contributed by atoms with E-state index in [0.29, 0.717) is 5.41 Å². The minimum atomic E-state index is -0.0913. The lowest BCUT2D eigenvalue weighted by atomic mass is 9.62. The minimum Gasteiger partial charge on any atom is -0.393 e. The van der Waals surface area contributed by atoms with E-state index in [1.165, 1.54) is 95.8 Å². The van der Waals surface area contributed by atoms with Gasteiger partial charge in [-0.05, 0) is 120 Å². The first-order chi connectivity index (χ1) is 13.6. The fraction of sp³-hybridized carbons (Fsp3) is 0.846. The topological polar surface area (TPSA) is 23.5 Å². The second kappa shape index (κ2) is 9.47. The van der Waals surface area contributed by atoms with Crippen molar-refractivity contribution in [3.8, 4) is 0 Å². The van der Waals surface area contributed by atoms with Gasteiger partial charge < -0.3 is 10.0 Å². The molecule has 4 aliphatic rings. The Labute approximate surface area is 173 Å². The van der Waals surface area contributed by atoms with E-state index in [-0.39, 0.29) is 6.10 Å². The molecule has 3 saturated carbocycles. The molecule has 2 heteroatoms. The molecule has 4 unspecified atom stereocenters. The van der Waals surface area contributed by atoms with Crippen molar-refractivity contribution in [3.63, 3.8) is 0 Å². The van der Waals surface area contributed by atoms with Gasteiger partial charge in [-0.3, -0.25) is 0 Å². The Morgan fingerprint density at radius 3 is 2.68 bits per heavy atom. The van der Waals surface area contributed by atoms with Crippen LogP contribution in [0.25, 0.3) is 0 Å². The largest absolute Gasteiger partial charge is 0.393 e. The standard InChI is InChI=1S/C26H43NO/c1-26-16-7-9-22(13-12-21-8-6-11-24(28)20-21)25(26)15-14-23(26)10-2-3-17-27-18-4-5-19-27/h12-13,23-25,28H,2-11,14-20H2,1H3/b21-12-,22-13+. The zero-order valence-electron chi connectivity index (χ0n) is 18.3. The van der Waals surface area contributed by atoms with Gasteiger partial charge in [0.05, 0.1) is 6.10 Å². The molecule has 4 rings (SSSR count). The van der Waals surface area contributed by atoms with Gasteiger partial charge in [-0.1, -0.05) is 36.6 Å². The van der Waals surface area contributed by atoms with Gasteiger partial charge in [0, 0.05) is 0 Å². The molecule has 1 N–H and O–H groups in total. The average molecular weight is 386 g/mol. The zero-order chi connectivity index (χ0) is 19.4. The maximum absolute atomic E-state index is 9.95. The van der Waals surface area contributed by atoms with E-state index in [0.717, 1.165) is 31.1 Å². The van der Waals surface area contributed by atoms with Crippen LogP contribution in [0.1, 0.15) is 96.8 Å². The monoisotopic (exact) mass is 385 g/mol. The van der Waals surface area contributed by atoms with Crippen LogP contribution in [0.3, 0.4) is 0 Å². The lowest BCUT2D eigenvalue weighted by Crippen LogP contribution is -2.33. The van der Waals surface area contributed by atoms with E-state index >= 15 is 0 Å². The Balaban J connectivity index is 1.32. The number of rotatable bonds is 6. The predicted molar refractivity (Wildman–Crippen MR) is 118 cm³/mol. The number of likely N-dealkylation sites (tertiary alicyclic amines) is 1. The number of aliphatic hydroxyl groups is 1. The summed E-state index contributed by atoms with van der Waals surface area (Å²) in [5, 5.41) is 9.95. The summed E-state index contributed by atoms with van der Waals surface area (Å²) in [6, 6.07) is 0. The van der Waals surface area contributed by atoms with Crippen LogP contribution >= 0.6 is 0 Å². The summed E-state index contributed by atoms with van der Waals surface area (Å²) < 4.78 is 0. The third-order valence-electron chi connectivity index (χ3n) is 8.70. The number of unbranched alkanes of at least 4 members (excludes halogenated alkanes) is 1. The molecule has 0 radical (unpaired) electrons. The van der Waals surface area contributed by atoms with Crippen molar-refractivity contribution in [2.75, 3.05) is 19.6 Å². The van der Waals surface area contributed by atoms with Crippen LogP contribution < -0.4 is 0 Å². The number of hydrogen-bond acceptors (Lipinski definition) is 2. The molecule has 4 fully saturated rings. The molecule has 1 heterocycles. The number of allylic oxidation sites excluding steroid dienone is 3. The van der Waals surface area contributed by atoms with E-state index in [1.807, 2.05) is 0 Å². The second-order valence-corrected chi connectivity index (χ2v) is 10.5. The summed E-state index contributed by atoms with van der Waals surface area (Å²) >= 11 is 0. The molecule has 0 aromatic rings. The Morgan fingerprint density at radius 1 is 1.00 bits per heavy atom. The molecule has 158 valence electrons. The normalized spacial score (nSPS) is 39.7. The van der Waals surface area contributed by atoms with Crippen molar-refractivity contribution in [1.82, 2.24) is 4.90 Å². The van der Waals surface area contributed by atoms with Crippen LogP contribution in [-0.2, 0) is 0 Å². The first kappa shape index (κ1) is 20.7. The highest BCUT2D eigenvalue weighted by molar-refractivity contribution is 5.25. The lowest BCUT2D eigenvalue weighted by Gasteiger charge is -2.42. The van der Waals surface area contributed by atoms with Gasteiger partial charge in [0.1, 0.15) is 0 Å². The van der Waals surface area contributed by atoms with Crippen molar-refractivity contribution in [2.45, 2.75) is 103 Å². The molecule has 0 spiro atoms. The van der Waals surface area contributed by atoms with Gasteiger partial charge in [-0.2, -0.15) is 0 Å². The number of hydrogen-bond donors (Lipinski definition) is 1. The lowest BCUT2D eigenvalue weighted by molar-refractivity contribution is 0.126. The fourth-order valence-electron chi connectivity index (χ4n) is 7.00. The van der Waals surface area contributed by atoms with Gasteiger partial charge in [0.25, 0.3) is 0 Å². The summed E-state index contributed by atoms with van der Waals surface area (Å²) in [5.74, 6) is 1.78. The number of nitrogens with zero attached hydrogens (tertiary/aromatic N) is 1. The van der Waals surface area contributed by atoms with E-state index in [9.17, 15) is 5.11 Å². The molecule has 28 heavy (non-hydrogen) atoms. The van der Waals surface area contributed by atoms with Crippen LogP contribution in [0.5, 0.6) is 0 Å². The Bertz CT molecular complexity index is 573. The van der Waals surface area contributed by atoms with Crippen LogP contribution in [0.2, 0.25) is 0 Å². The SMILES string of the molecule is CC12CCC/C(=C\C=C3\CCCC(O)C3)C1CCC2CCCCN1CCCC1. The Kier molecular flexibility index (Phi) is 6.99. The maximum Gasteiger partial charge on any atom is 0.0577 e. The first-order valence-corrected chi connectivity index (χ1v) is 12.4. The van der Waals surface area contributed by atoms with Crippen molar-refractivity contribution in [1.29, 1.82) is 0 Å². The Morgan fingerprint density at radius 2 is 1.86 bits per heavy atom. The van der Waals surface area contributed by atoms with E-state index in [2.05, 4.69) is 24.0 Å². The van der Waals surface area contributed by atoms with Gasteiger partial charge in [0.2, 0.25) is 0 Å². The van der Waals surface area contributed by atoms with Crippen molar-refractivity contribution < 1.29 is 5.11 Å². The summed E-state index contributed by atoms with van der Waals surface area (Å²) in [4.78, 5) is 2.68. The second-order valence-electron chi connectivity index (χ2n) is 10.5. The molecule has 0 bridgehead atoms. The molecule has 2 nitrogen and oxygen atoms in total. The number of fused-ring (bicyclic) bond motifs is 1. The Hall–Kier alpha value is -0.600. The smallest absolute Gasteiger partial charge is 0.0577 e. The average Bonchev–Trinajstić information content (AvgIpc) is 3.31. The highest BCUT2D eigenvalue weighted by Gasteiger charge is 2.48. The van der Waals surface area contributed by atoms with Crippen molar-refractivity contribution >= 4 is 0 Å². The van der Waals surface area contributed by atoms with Gasteiger partial charge >= 0.3 is 0 Å². The fourth-order valence-corrected chi connectivity index (χ4v) is 7.00. The van der Waals surface area contributed by atoms with Gasteiger partial charge in [0.15, 0.2) is 0 Å². The molecular weight excluding hydrogens is 342 g/mol. The predicted octanol–water partition coefficient (Wildman–Crippen LogP) is 6.26. The highest BCUT2D eigenvalue weighted by atomic mass is 16.3. The summed E-state index contributed by atoms with van der Waals surface area (Å²) in [7, 11) is 0. The maximum atomic E-state index is 9.95. The minimum absolute atomic E-state index is 0.0913. The van der Waals surface area contributed by atoms with E-state index < -0.39 is 0 Å². The van der Waals surface area contributed by atoms with Crippen molar-refractivity contribution in [3.05, 3.63) is 23.3 Å². The molecule has 0 aromatic carbocycles.